The van der Waals surface area contributed by atoms with Crippen molar-refractivity contribution in [1.29, 1.82) is 0 Å². The molecular weight excluding hydrogens is 344 g/mol. The Morgan fingerprint density at radius 2 is 1.71 bits per heavy atom. The first kappa shape index (κ1) is 16.6. The first-order valence-corrected chi connectivity index (χ1v) is 8.37. The van der Waals surface area contributed by atoms with Gasteiger partial charge in [0.1, 0.15) is 11.5 Å². The Balaban J connectivity index is 1.97. The molecule has 2 aromatic carbocycles. The summed E-state index contributed by atoms with van der Waals surface area (Å²) >= 11 is 7.41. The fourth-order valence-electron chi connectivity index (χ4n) is 2.38. The smallest absolute Gasteiger partial charge is 0.202 e. The van der Waals surface area contributed by atoms with E-state index in [1.807, 2.05) is 24.3 Å². The molecule has 0 unspecified atom stereocenters. The van der Waals surface area contributed by atoms with Gasteiger partial charge in [-0.1, -0.05) is 24.2 Å². The van der Waals surface area contributed by atoms with Crippen molar-refractivity contribution in [3.63, 3.8) is 0 Å². The van der Waals surface area contributed by atoms with Crippen LogP contribution in [-0.2, 0) is 0 Å². The summed E-state index contributed by atoms with van der Waals surface area (Å²) in [6, 6.07) is 12.7. The lowest BCUT2D eigenvalue weighted by Crippen LogP contribution is -2.00. The predicted octanol–water partition coefficient (Wildman–Crippen LogP) is 5.47. The van der Waals surface area contributed by atoms with Crippen molar-refractivity contribution >= 4 is 44.4 Å². The highest BCUT2D eigenvalue weighted by Gasteiger charge is 2.17. The van der Waals surface area contributed by atoms with E-state index in [0.29, 0.717) is 32.5 Å². The van der Waals surface area contributed by atoms with E-state index in [9.17, 15) is 4.79 Å². The molecule has 0 saturated carbocycles. The molecule has 0 N–H and O–H groups in total. The van der Waals surface area contributed by atoms with Crippen molar-refractivity contribution in [2.75, 3.05) is 14.2 Å². The van der Waals surface area contributed by atoms with Gasteiger partial charge in [0.2, 0.25) is 5.78 Å². The molecule has 0 atom stereocenters. The zero-order valence-electron chi connectivity index (χ0n) is 13.3. The number of fused-ring (bicyclic) bond motifs is 1. The topological polar surface area (TPSA) is 35.5 Å². The number of ether oxygens (including phenoxy) is 2. The van der Waals surface area contributed by atoms with Gasteiger partial charge >= 0.3 is 0 Å². The maximum Gasteiger partial charge on any atom is 0.202 e. The van der Waals surface area contributed by atoms with Crippen LogP contribution in [0.15, 0.2) is 49.0 Å². The van der Waals surface area contributed by atoms with Crippen LogP contribution in [0.5, 0.6) is 11.5 Å². The van der Waals surface area contributed by atoms with Crippen molar-refractivity contribution in [3.05, 3.63) is 64.5 Å². The van der Waals surface area contributed by atoms with Gasteiger partial charge in [-0.3, -0.25) is 4.79 Å². The SMILES string of the molecule is C=C(C(=O)c1cc2ccc(Cl)cc2s1)c1cc(OC)cc(OC)c1. The average molecular weight is 359 g/mol. The summed E-state index contributed by atoms with van der Waals surface area (Å²) in [7, 11) is 3.14. The molecule has 0 fully saturated rings. The number of thiophene rings is 1. The summed E-state index contributed by atoms with van der Waals surface area (Å²) in [4.78, 5) is 13.4. The van der Waals surface area contributed by atoms with Gasteiger partial charge in [-0.2, -0.15) is 0 Å². The minimum absolute atomic E-state index is 0.123. The number of hydrogen-bond donors (Lipinski definition) is 0. The highest BCUT2D eigenvalue weighted by atomic mass is 35.5. The molecule has 0 aliphatic heterocycles. The van der Waals surface area contributed by atoms with Crippen LogP contribution >= 0.6 is 22.9 Å². The number of rotatable bonds is 5. The Hall–Kier alpha value is -2.30. The minimum atomic E-state index is -0.123. The molecule has 0 saturated heterocycles. The van der Waals surface area contributed by atoms with E-state index in [4.69, 9.17) is 21.1 Å². The third kappa shape index (κ3) is 3.16. The molecular formula is C19H15ClO3S. The summed E-state index contributed by atoms with van der Waals surface area (Å²) < 4.78 is 11.5. The van der Waals surface area contributed by atoms with Crippen LogP contribution in [0.1, 0.15) is 15.2 Å². The van der Waals surface area contributed by atoms with E-state index in [1.54, 1.807) is 32.4 Å². The van der Waals surface area contributed by atoms with Gasteiger partial charge < -0.3 is 9.47 Å². The summed E-state index contributed by atoms with van der Waals surface area (Å²) in [5, 5.41) is 1.64. The number of hydrogen-bond acceptors (Lipinski definition) is 4. The van der Waals surface area contributed by atoms with Crippen molar-refractivity contribution < 1.29 is 14.3 Å². The average Bonchev–Trinajstić information content (AvgIpc) is 3.02. The molecule has 0 amide bonds. The Bertz CT molecular complexity index is 921. The van der Waals surface area contributed by atoms with Gasteiger partial charge in [0.05, 0.1) is 19.1 Å². The fraction of sp³-hybridized carbons (Fsp3) is 0.105. The minimum Gasteiger partial charge on any atom is -0.497 e. The first-order valence-electron chi connectivity index (χ1n) is 7.18. The van der Waals surface area contributed by atoms with E-state index in [2.05, 4.69) is 6.58 Å². The zero-order valence-corrected chi connectivity index (χ0v) is 14.8. The zero-order chi connectivity index (χ0) is 17.3. The predicted molar refractivity (Wildman–Crippen MR) is 99.7 cm³/mol. The summed E-state index contributed by atoms with van der Waals surface area (Å²) in [5.74, 6) is 1.10. The molecule has 0 aliphatic carbocycles. The molecule has 5 heteroatoms. The molecule has 0 bridgehead atoms. The van der Waals surface area contributed by atoms with Crippen molar-refractivity contribution in [2.45, 2.75) is 0 Å². The largest absolute Gasteiger partial charge is 0.497 e. The summed E-state index contributed by atoms with van der Waals surface area (Å²) in [6.45, 7) is 3.96. The van der Waals surface area contributed by atoms with Crippen LogP contribution in [-0.4, -0.2) is 20.0 Å². The van der Waals surface area contributed by atoms with E-state index in [1.165, 1.54) is 11.3 Å². The van der Waals surface area contributed by atoms with Crippen LogP contribution in [0, 0.1) is 0 Å². The quantitative estimate of drug-likeness (QED) is 0.448. The molecule has 24 heavy (non-hydrogen) atoms. The lowest BCUT2D eigenvalue weighted by atomic mass is 10.0. The van der Waals surface area contributed by atoms with E-state index in [-0.39, 0.29) is 5.78 Å². The van der Waals surface area contributed by atoms with Crippen molar-refractivity contribution in [1.82, 2.24) is 0 Å². The summed E-state index contributed by atoms with van der Waals surface area (Å²) in [5.41, 5.74) is 1.07. The Morgan fingerprint density at radius 3 is 2.33 bits per heavy atom. The van der Waals surface area contributed by atoms with Crippen LogP contribution in [0.3, 0.4) is 0 Å². The second-order valence-corrected chi connectivity index (χ2v) is 6.72. The van der Waals surface area contributed by atoms with E-state index in [0.717, 1.165) is 10.1 Å². The molecule has 0 aliphatic rings. The molecule has 122 valence electrons. The Labute approximate surface area is 149 Å². The number of halogens is 1. The number of Topliss-reactive ketones (excluding diaryl/α,β-unsaturated/α-hetero) is 1. The fourth-order valence-corrected chi connectivity index (χ4v) is 3.68. The van der Waals surface area contributed by atoms with Gasteiger partial charge in [-0.25, -0.2) is 0 Å². The molecule has 1 heterocycles. The number of carbonyl (C=O) groups excluding carboxylic acids is 1. The van der Waals surface area contributed by atoms with Crippen LogP contribution in [0.2, 0.25) is 5.02 Å². The number of methoxy groups -OCH3 is 2. The maximum absolute atomic E-state index is 12.8. The van der Waals surface area contributed by atoms with E-state index < -0.39 is 0 Å². The standard InChI is InChI=1S/C19H15ClO3S/c1-11(13-6-15(22-2)10-16(7-13)23-3)19(21)18-8-12-4-5-14(20)9-17(12)24-18/h4-10H,1H2,2-3H3. The van der Waals surface area contributed by atoms with Crippen LogP contribution in [0.25, 0.3) is 15.7 Å². The Morgan fingerprint density at radius 1 is 1.04 bits per heavy atom. The molecule has 3 rings (SSSR count). The third-order valence-electron chi connectivity index (χ3n) is 3.68. The molecule has 3 aromatic rings. The van der Waals surface area contributed by atoms with Gasteiger partial charge in [0.25, 0.3) is 0 Å². The monoisotopic (exact) mass is 358 g/mol. The number of allylic oxidation sites excluding steroid dienone is 1. The molecule has 3 nitrogen and oxygen atoms in total. The molecule has 0 spiro atoms. The lowest BCUT2D eigenvalue weighted by Gasteiger charge is -2.09. The van der Waals surface area contributed by atoms with Gasteiger partial charge in [0.15, 0.2) is 0 Å². The highest BCUT2D eigenvalue weighted by molar-refractivity contribution is 7.21. The first-order chi connectivity index (χ1) is 11.5. The van der Waals surface area contributed by atoms with Crippen molar-refractivity contribution in [3.8, 4) is 11.5 Å². The van der Waals surface area contributed by atoms with Gasteiger partial charge in [-0.15, -0.1) is 11.3 Å². The second kappa shape index (κ2) is 6.67. The highest BCUT2D eigenvalue weighted by Crippen LogP contribution is 2.33. The molecule has 0 radical (unpaired) electrons. The molecule has 1 aromatic heterocycles. The normalized spacial score (nSPS) is 10.6. The number of benzene rings is 2. The second-order valence-electron chi connectivity index (χ2n) is 5.20. The number of ketones is 1. The van der Waals surface area contributed by atoms with E-state index >= 15 is 0 Å². The Kier molecular flexibility index (Phi) is 4.60. The number of carbonyl (C=O) groups is 1. The van der Waals surface area contributed by atoms with Crippen LogP contribution in [0.4, 0.5) is 0 Å². The van der Waals surface area contributed by atoms with Crippen molar-refractivity contribution in [2.24, 2.45) is 0 Å². The summed E-state index contributed by atoms with van der Waals surface area (Å²) in [6.07, 6.45) is 0. The third-order valence-corrected chi connectivity index (χ3v) is 5.01. The maximum atomic E-state index is 12.8. The lowest BCUT2D eigenvalue weighted by molar-refractivity contribution is 0.106. The van der Waals surface area contributed by atoms with Gasteiger partial charge in [0, 0.05) is 21.4 Å². The van der Waals surface area contributed by atoms with Crippen LogP contribution < -0.4 is 9.47 Å². The van der Waals surface area contributed by atoms with Gasteiger partial charge in [-0.05, 0) is 41.3 Å².